The highest BCUT2D eigenvalue weighted by atomic mass is 32.2. The Morgan fingerprint density at radius 3 is 2.82 bits per heavy atom. The maximum absolute atomic E-state index is 12.7. The van der Waals surface area contributed by atoms with Crippen molar-refractivity contribution >= 4 is 39.8 Å². The number of thioether (sulfide) groups is 1. The second-order valence-electron chi connectivity index (χ2n) is 7.86. The standard InChI is InChI=1S/C23H25N5O4S2/c1-30-18-4-2-3-17(12-18)24-22-25-26-23(34-22)33-14-21(29)28-9-7-27(8-10-28)13-16-5-6-19-20(11-16)32-15-31-19/h2-6,11-12H,7-10,13-15H2,1H3,(H,24,25). The summed E-state index contributed by atoms with van der Waals surface area (Å²) in [5.41, 5.74) is 2.07. The third-order valence-electron chi connectivity index (χ3n) is 5.61. The second-order valence-corrected chi connectivity index (χ2v) is 10.1. The highest BCUT2D eigenvalue weighted by Gasteiger charge is 2.22. The largest absolute Gasteiger partial charge is 0.497 e. The van der Waals surface area contributed by atoms with Crippen LogP contribution in [0, 0.1) is 0 Å². The molecule has 34 heavy (non-hydrogen) atoms. The second kappa shape index (κ2) is 10.5. The Balaban J connectivity index is 1.06. The third kappa shape index (κ3) is 5.54. The van der Waals surface area contributed by atoms with Gasteiger partial charge in [-0.15, -0.1) is 10.2 Å². The van der Waals surface area contributed by atoms with Gasteiger partial charge in [-0.3, -0.25) is 9.69 Å². The van der Waals surface area contributed by atoms with Crippen molar-refractivity contribution in [2.75, 3.05) is 51.2 Å². The van der Waals surface area contributed by atoms with Crippen LogP contribution in [0.2, 0.25) is 0 Å². The summed E-state index contributed by atoms with van der Waals surface area (Å²) in [4.78, 5) is 17.0. The Morgan fingerprint density at radius 2 is 1.97 bits per heavy atom. The Bertz CT molecular complexity index is 1150. The van der Waals surface area contributed by atoms with E-state index in [1.54, 1.807) is 7.11 Å². The molecule has 1 amide bonds. The van der Waals surface area contributed by atoms with E-state index in [1.807, 2.05) is 41.3 Å². The van der Waals surface area contributed by atoms with E-state index in [-0.39, 0.29) is 12.7 Å². The number of anilines is 2. The van der Waals surface area contributed by atoms with Gasteiger partial charge in [-0.25, -0.2) is 0 Å². The van der Waals surface area contributed by atoms with Crippen LogP contribution in [-0.4, -0.2) is 71.7 Å². The molecule has 0 spiro atoms. The van der Waals surface area contributed by atoms with Gasteiger partial charge in [-0.1, -0.05) is 35.2 Å². The van der Waals surface area contributed by atoms with Crippen LogP contribution in [0.15, 0.2) is 46.8 Å². The van der Waals surface area contributed by atoms with E-state index < -0.39 is 0 Å². The summed E-state index contributed by atoms with van der Waals surface area (Å²) in [5, 5.41) is 12.3. The molecule has 0 radical (unpaired) electrons. The molecule has 5 rings (SSSR count). The van der Waals surface area contributed by atoms with Gasteiger partial charge in [0.25, 0.3) is 0 Å². The molecule has 9 nitrogen and oxygen atoms in total. The van der Waals surface area contributed by atoms with E-state index in [0.717, 1.165) is 60.0 Å². The average molecular weight is 500 g/mol. The monoisotopic (exact) mass is 499 g/mol. The molecule has 1 fully saturated rings. The molecule has 1 aromatic heterocycles. The lowest BCUT2D eigenvalue weighted by molar-refractivity contribution is -0.130. The molecular formula is C23H25N5O4S2. The third-order valence-corrected chi connectivity index (χ3v) is 7.57. The summed E-state index contributed by atoms with van der Waals surface area (Å²) < 4.78 is 16.8. The number of piperazine rings is 1. The number of nitrogens with one attached hydrogen (secondary N) is 1. The fourth-order valence-corrected chi connectivity index (χ4v) is 5.49. The lowest BCUT2D eigenvalue weighted by Crippen LogP contribution is -2.48. The van der Waals surface area contributed by atoms with E-state index in [2.05, 4.69) is 26.5 Å². The molecule has 0 unspecified atom stereocenters. The molecule has 3 aromatic rings. The number of benzene rings is 2. The van der Waals surface area contributed by atoms with Crippen LogP contribution in [-0.2, 0) is 11.3 Å². The summed E-state index contributed by atoms with van der Waals surface area (Å²) in [5.74, 6) is 2.86. The summed E-state index contributed by atoms with van der Waals surface area (Å²) in [6.45, 7) is 4.26. The normalized spacial score (nSPS) is 15.4. The topological polar surface area (TPSA) is 89.0 Å². The highest BCUT2D eigenvalue weighted by molar-refractivity contribution is 8.01. The van der Waals surface area contributed by atoms with Crippen molar-refractivity contribution in [3.05, 3.63) is 48.0 Å². The van der Waals surface area contributed by atoms with Crippen molar-refractivity contribution in [2.24, 2.45) is 0 Å². The minimum atomic E-state index is 0.130. The van der Waals surface area contributed by atoms with Crippen molar-refractivity contribution in [1.82, 2.24) is 20.0 Å². The van der Waals surface area contributed by atoms with E-state index in [4.69, 9.17) is 14.2 Å². The number of carbonyl (C=O) groups excluding carboxylic acids is 1. The van der Waals surface area contributed by atoms with Gasteiger partial charge in [0.05, 0.1) is 12.9 Å². The van der Waals surface area contributed by atoms with Crippen molar-refractivity contribution in [3.63, 3.8) is 0 Å². The number of amides is 1. The molecule has 2 aliphatic heterocycles. The van der Waals surface area contributed by atoms with Crippen LogP contribution in [0.3, 0.4) is 0 Å². The number of methoxy groups -OCH3 is 1. The fourth-order valence-electron chi connectivity index (χ4n) is 3.81. The first kappa shape index (κ1) is 22.8. The molecule has 2 aromatic carbocycles. The zero-order valence-corrected chi connectivity index (χ0v) is 20.4. The SMILES string of the molecule is COc1cccc(Nc2nnc(SCC(=O)N3CCN(Cc4ccc5c(c4)OCO5)CC3)s2)c1. The molecule has 0 aliphatic carbocycles. The highest BCUT2D eigenvalue weighted by Crippen LogP contribution is 2.33. The Kier molecular flexibility index (Phi) is 7.02. The fraction of sp³-hybridized carbons (Fsp3) is 0.348. The van der Waals surface area contributed by atoms with Gasteiger partial charge in [0, 0.05) is 44.5 Å². The van der Waals surface area contributed by atoms with Gasteiger partial charge in [0.15, 0.2) is 15.8 Å². The van der Waals surface area contributed by atoms with E-state index in [9.17, 15) is 4.79 Å². The van der Waals surface area contributed by atoms with Crippen LogP contribution >= 0.6 is 23.1 Å². The minimum absolute atomic E-state index is 0.130. The maximum Gasteiger partial charge on any atom is 0.233 e. The van der Waals surface area contributed by atoms with Gasteiger partial charge in [0.2, 0.25) is 17.8 Å². The molecule has 0 saturated carbocycles. The zero-order chi connectivity index (χ0) is 23.3. The van der Waals surface area contributed by atoms with Crippen LogP contribution < -0.4 is 19.5 Å². The molecule has 0 bridgehead atoms. The van der Waals surface area contributed by atoms with E-state index >= 15 is 0 Å². The average Bonchev–Trinajstić information content (AvgIpc) is 3.52. The van der Waals surface area contributed by atoms with Gasteiger partial charge < -0.3 is 24.4 Å². The number of fused-ring (bicyclic) bond motifs is 1. The number of hydrogen-bond donors (Lipinski definition) is 1. The smallest absolute Gasteiger partial charge is 0.233 e. The van der Waals surface area contributed by atoms with Gasteiger partial charge in [-0.05, 0) is 29.8 Å². The number of rotatable bonds is 8. The number of ether oxygens (including phenoxy) is 3. The number of nitrogens with zero attached hydrogens (tertiary/aromatic N) is 4. The molecule has 1 N–H and O–H groups in total. The molecule has 1 saturated heterocycles. The molecule has 178 valence electrons. The Labute approximate surface area is 206 Å². The van der Waals surface area contributed by atoms with Crippen molar-refractivity contribution in [2.45, 2.75) is 10.9 Å². The molecular weight excluding hydrogens is 474 g/mol. The van der Waals surface area contributed by atoms with Crippen LogP contribution in [0.1, 0.15) is 5.56 Å². The zero-order valence-electron chi connectivity index (χ0n) is 18.7. The molecule has 2 aliphatic rings. The van der Waals surface area contributed by atoms with Gasteiger partial charge in [-0.2, -0.15) is 0 Å². The maximum atomic E-state index is 12.7. The summed E-state index contributed by atoms with van der Waals surface area (Å²) in [6.07, 6.45) is 0. The molecule has 3 heterocycles. The van der Waals surface area contributed by atoms with Crippen LogP contribution in [0.4, 0.5) is 10.8 Å². The predicted octanol–water partition coefficient (Wildman–Crippen LogP) is 3.46. The number of carbonyl (C=O) groups is 1. The lowest BCUT2D eigenvalue weighted by Gasteiger charge is -2.34. The van der Waals surface area contributed by atoms with Gasteiger partial charge >= 0.3 is 0 Å². The van der Waals surface area contributed by atoms with Gasteiger partial charge in [0.1, 0.15) is 5.75 Å². The summed E-state index contributed by atoms with van der Waals surface area (Å²) in [6, 6.07) is 13.7. The van der Waals surface area contributed by atoms with E-state index in [1.165, 1.54) is 28.7 Å². The van der Waals surface area contributed by atoms with Crippen LogP contribution in [0.25, 0.3) is 0 Å². The first-order valence-electron chi connectivity index (χ1n) is 10.9. The Hall–Kier alpha value is -3.02. The molecule has 11 heteroatoms. The first-order chi connectivity index (χ1) is 16.7. The van der Waals surface area contributed by atoms with Crippen molar-refractivity contribution < 1.29 is 19.0 Å². The minimum Gasteiger partial charge on any atom is -0.497 e. The van der Waals surface area contributed by atoms with E-state index in [0.29, 0.717) is 10.9 Å². The summed E-state index contributed by atoms with van der Waals surface area (Å²) >= 11 is 2.86. The van der Waals surface area contributed by atoms with Crippen molar-refractivity contribution in [1.29, 1.82) is 0 Å². The first-order valence-corrected chi connectivity index (χ1v) is 12.7. The lowest BCUT2D eigenvalue weighted by atomic mass is 10.1. The number of aromatic nitrogens is 2. The van der Waals surface area contributed by atoms with Crippen LogP contribution in [0.5, 0.6) is 17.2 Å². The quantitative estimate of drug-likeness (QED) is 0.468. The molecule has 0 atom stereocenters. The van der Waals surface area contributed by atoms with Crippen molar-refractivity contribution in [3.8, 4) is 17.2 Å². The predicted molar refractivity (Wildman–Crippen MR) is 131 cm³/mol. The Morgan fingerprint density at radius 1 is 1.12 bits per heavy atom. The summed E-state index contributed by atoms with van der Waals surface area (Å²) in [7, 11) is 1.63. The number of hydrogen-bond acceptors (Lipinski definition) is 10.